The van der Waals surface area contributed by atoms with E-state index in [0.717, 1.165) is 28.3 Å². The average molecular weight is 436 g/mol. The van der Waals surface area contributed by atoms with Crippen LogP contribution in [0.4, 0.5) is 5.69 Å². The minimum Gasteiger partial charge on any atom is -0.384 e. The third kappa shape index (κ3) is 3.34. The summed E-state index contributed by atoms with van der Waals surface area (Å²) in [7, 11) is 1.87. The lowest BCUT2D eigenvalue weighted by molar-refractivity contribution is -0.118. The molecule has 4 rings (SSSR count). The number of carbonyl (C=O) groups excluding carboxylic acids is 1. The standard InChI is InChI=1S/C24H26ClN5O/c1-13-20(14(2)29(5)28-13)21-17(12-26)23(27)30(16-8-6-7-15(25)9-16)18-10-24(3,4)11-19(31)22(18)21/h6-9,21H,10-11,27H2,1-5H3/t21-/m0/s1. The molecule has 2 aromatic rings. The first kappa shape index (κ1) is 21.2. The van der Waals surface area contributed by atoms with E-state index in [1.165, 1.54) is 0 Å². The summed E-state index contributed by atoms with van der Waals surface area (Å²) in [5.41, 5.74) is 11.6. The van der Waals surface area contributed by atoms with Crippen molar-refractivity contribution in [3.05, 3.63) is 68.9 Å². The molecule has 31 heavy (non-hydrogen) atoms. The lowest BCUT2D eigenvalue weighted by Gasteiger charge is -2.43. The summed E-state index contributed by atoms with van der Waals surface area (Å²) in [4.78, 5) is 15.4. The molecule has 7 heteroatoms. The van der Waals surface area contributed by atoms with Crippen molar-refractivity contribution in [3.63, 3.8) is 0 Å². The lowest BCUT2D eigenvalue weighted by Crippen LogP contribution is -2.42. The minimum absolute atomic E-state index is 0.0474. The molecule has 1 aromatic heterocycles. The number of hydrogen-bond donors (Lipinski definition) is 1. The highest BCUT2D eigenvalue weighted by Gasteiger charge is 2.46. The van der Waals surface area contributed by atoms with E-state index in [9.17, 15) is 10.1 Å². The Hall–Kier alpha value is -3.04. The van der Waals surface area contributed by atoms with Crippen molar-refractivity contribution in [1.29, 1.82) is 5.26 Å². The maximum atomic E-state index is 13.6. The van der Waals surface area contributed by atoms with Crippen LogP contribution < -0.4 is 10.6 Å². The van der Waals surface area contributed by atoms with E-state index in [1.54, 1.807) is 16.8 Å². The highest BCUT2D eigenvalue weighted by atomic mass is 35.5. The topological polar surface area (TPSA) is 87.9 Å². The molecule has 1 aliphatic heterocycles. The zero-order valence-electron chi connectivity index (χ0n) is 18.5. The van der Waals surface area contributed by atoms with Gasteiger partial charge in [-0.25, -0.2) is 0 Å². The number of benzene rings is 1. The quantitative estimate of drug-likeness (QED) is 0.742. The molecule has 160 valence electrons. The van der Waals surface area contributed by atoms with E-state index in [0.29, 0.717) is 34.8 Å². The predicted octanol–water partition coefficient (Wildman–Crippen LogP) is 4.63. The van der Waals surface area contributed by atoms with Crippen molar-refractivity contribution >= 4 is 23.1 Å². The van der Waals surface area contributed by atoms with Crippen LogP contribution in [0.15, 0.2) is 46.9 Å². The molecule has 0 saturated heterocycles. The van der Waals surface area contributed by atoms with Crippen molar-refractivity contribution in [3.8, 4) is 6.07 Å². The van der Waals surface area contributed by atoms with Crippen molar-refractivity contribution in [2.24, 2.45) is 18.2 Å². The third-order valence-corrected chi connectivity index (χ3v) is 6.54. The monoisotopic (exact) mass is 435 g/mol. The van der Waals surface area contributed by atoms with Gasteiger partial charge in [-0.05, 0) is 43.9 Å². The molecule has 1 aliphatic carbocycles. The first-order chi connectivity index (χ1) is 14.6. The number of rotatable bonds is 2. The summed E-state index contributed by atoms with van der Waals surface area (Å²) in [6.45, 7) is 8.04. The largest absolute Gasteiger partial charge is 0.384 e. The van der Waals surface area contributed by atoms with Gasteiger partial charge in [0.2, 0.25) is 0 Å². The zero-order chi connectivity index (χ0) is 22.7. The van der Waals surface area contributed by atoms with Gasteiger partial charge in [0.15, 0.2) is 5.78 Å². The number of carbonyl (C=O) groups is 1. The van der Waals surface area contributed by atoms with Crippen molar-refractivity contribution in [2.75, 3.05) is 4.90 Å². The molecule has 1 aromatic carbocycles. The van der Waals surface area contributed by atoms with Crippen LogP contribution in [-0.2, 0) is 11.8 Å². The summed E-state index contributed by atoms with van der Waals surface area (Å²) in [6.07, 6.45) is 1.08. The van der Waals surface area contributed by atoms with Crippen LogP contribution >= 0.6 is 11.6 Å². The van der Waals surface area contributed by atoms with Crippen LogP contribution in [0, 0.1) is 30.6 Å². The Labute approximate surface area is 187 Å². The number of allylic oxidation sites excluding steroid dienone is 3. The van der Waals surface area contributed by atoms with Gasteiger partial charge in [0.1, 0.15) is 5.82 Å². The fraction of sp³-hybridized carbons (Fsp3) is 0.375. The lowest BCUT2D eigenvalue weighted by atomic mass is 9.68. The fourth-order valence-electron chi connectivity index (χ4n) is 4.92. The molecule has 0 amide bonds. The van der Waals surface area contributed by atoms with E-state index in [4.69, 9.17) is 17.3 Å². The first-order valence-corrected chi connectivity index (χ1v) is 10.7. The Balaban J connectivity index is 2.06. The van der Waals surface area contributed by atoms with E-state index in [1.807, 2.05) is 37.9 Å². The number of Topliss-reactive ketones (excluding diaryl/α,β-unsaturated/α-hetero) is 1. The van der Waals surface area contributed by atoms with Gasteiger partial charge >= 0.3 is 0 Å². The number of aryl methyl sites for hydroxylation is 2. The number of nitrogens with two attached hydrogens (primary N) is 1. The number of nitrogens with zero attached hydrogens (tertiary/aromatic N) is 4. The summed E-state index contributed by atoms with van der Waals surface area (Å²) < 4.78 is 1.79. The van der Waals surface area contributed by atoms with Crippen molar-refractivity contribution in [2.45, 2.75) is 46.5 Å². The van der Waals surface area contributed by atoms with Crippen LogP contribution in [-0.4, -0.2) is 15.6 Å². The highest BCUT2D eigenvalue weighted by Crippen LogP contribution is 2.51. The van der Waals surface area contributed by atoms with Gasteiger partial charge in [-0.3, -0.25) is 14.4 Å². The summed E-state index contributed by atoms with van der Waals surface area (Å²) in [5, 5.41) is 15.3. The smallest absolute Gasteiger partial charge is 0.162 e. The molecule has 0 fully saturated rings. The normalized spacial score (nSPS) is 20.7. The Morgan fingerprint density at radius 1 is 1.29 bits per heavy atom. The molecule has 0 saturated carbocycles. The van der Waals surface area contributed by atoms with Gasteiger partial charge in [0, 0.05) is 46.7 Å². The number of aromatic nitrogens is 2. The van der Waals surface area contributed by atoms with E-state index in [2.05, 4.69) is 25.0 Å². The fourth-order valence-corrected chi connectivity index (χ4v) is 5.10. The summed E-state index contributed by atoms with van der Waals surface area (Å²) in [6, 6.07) is 9.64. The second-order valence-electron chi connectivity index (χ2n) is 9.17. The number of nitriles is 1. The molecule has 2 heterocycles. The number of ketones is 1. The molecule has 2 aliphatic rings. The van der Waals surface area contributed by atoms with Gasteiger partial charge in [-0.15, -0.1) is 0 Å². The molecular formula is C24H26ClN5O. The molecule has 0 spiro atoms. The summed E-state index contributed by atoms with van der Waals surface area (Å²) >= 11 is 6.27. The van der Waals surface area contributed by atoms with Crippen LogP contribution in [0.2, 0.25) is 5.02 Å². The molecule has 2 N–H and O–H groups in total. The van der Waals surface area contributed by atoms with E-state index < -0.39 is 5.92 Å². The van der Waals surface area contributed by atoms with Gasteiger partial charge in [0.05, 0.1) is 23.3 Å². The Bertz CT molecular complexity index is 1210. The van der Waals surface area contributed by atoms with E-state index in [-0.39, 0.29) is 11.2 Å². The van der Waals surface area contributed by atoms with Gasteiger partial charge < -0.3 is 5.73 Å². The Kier molecular flexibility index (Phi) is 4.98. The summed E-state index contributed by atoms with van der Waals surface area (Å²) in [5.74, 6) is -0.138. The molecule has 6 nitrogen and oxygen atoms in total. The van der Waals surface area contributed by atoms with Crippen LogP contribution in [0.5, 0.6) is 0 Å². The van der Waals surface area contributed by atoms with Gasteiger partial charge in [-0.1, -0.05) is 31.5 Å². The first-order valence-electron chi connectivity index (χ1n) is 10.3. The Morgan fingerprint density at radius 2 is 2.00 bits per heavy atom. The second-order valence-corrected chi connectivity index (χ2v) is 9.60. The van der Waals surface area contributed by atoms with Crippen LogP contribution in [0.1, 0.15) is 49.6 Å². The average Bonchev–Trinajstić information content (AvgIpc) is 2.91. The maximum Gasteiger partial charge on any atom is 0.162 e. The van der Waals surface area contributed by atoms with Gasteiger partial charge in [0.25, 0.3) is 0 Å². The minimum atomic E-state index is -0.521. The molecule has 1 atom stereocenters. The zero-order valence-corrected chi connectivity index (χ0v) is 19.2. The second kappa shape index (κ2) is 7.28. The molecular weight excluding hydrogens is 410 g/mol. The van der Waals surface area contributed by atoms with E-state index >= 15 is 0 Å². The maximum absolute atomic E-state index is 13.6. The molecule has 0 unspecified atom stereocenters. The van der Waals surface area contributed by atoms with Crippen LogP contribution in [0.3, 0.4) is 0 Å². The number of hydrogen-bond acceptors (Lipinski definition) is 5. The molecule has 0 radical (unpaired) electrons. The van der Waals surface area contributed by atoms with Crippen molar-refractivity contribution < 1.29 is 4.79 Å². The molecule has 0 bridgehead atoms. The van der Waals surface area contributed by atoms with Crippen molar-refractivity contribution in [1.82, 2.24) is 9.78 Å². The highest BCUT2D eigenvalue weighted by molar-refractivity contribution is 6.30. The number of halogens is 1. The third-order valence-electron chi connectivity index (χ3n) is 6.30. The van der Waals surface area contributed by atoms with Gasteiger partial charge in [-0.2, -0.15) is 10.4 Å². The van der Waals surface area contributed by atoms with Crippen LogP contribution in [0.25, 0.3) is 0 Å². The number of anilines is 1. The SMILES string of the molecule is Cc1nn(C)c(C)c1[C@@H]1C(C#N)=C(N)N(c2cccc(Cl)c2)C2=C1C(=O)CC(C)(C)C2. The Morgan fingerprint density at radius 3 is 2.58 bits per heavy atom. The predicted molar refractivity (Wildman–Crippen MR) is 121 cm³/mol.